The molecule has 13 heavy (non-hydrogen) atoms. The summed E-state index contributed by atoms with van der Waals surface area (Å²) in [5, 5.41) is 10.6. The Morgan fingerprint density at radius 2 is 2.15 bits per heavy atom. The lowest BCUT2D eigenvalue weighted by atomic mass is 10.1. The van der Waals surface area contributed by atoms with E-state index in [0.717, 1.165) is 5.56 Å². The summed E-state index contributed by atoms with van der Waals surface area (Å²) in [6, 6.07) is 5.19. The predicted octanol–water partition coefficient (Wildman–Crippen LogP) is 2.89. The van der Waals surface area contributed by atoms with Crippen molar-refractivity contribution in [3.63, 3.8) is 0 Å². The number of benzene rings is 1. The van der Waals surface area contributed by atoms with Crippen LogP contribution < -0.4 is 0 Å². The molecule has 0 aliphatic rings. The van der Waals surface area contributed by atoms with Crippen LogP contribution >= 0.6 is 12.6 Å². The summed E-state index contributed by atoms with van der Waals surface area (Å²) in [4.78, 5) is 10.2. The van der Waals surface area contributed by atoms with Crippen LogP contribution in [0.2, 0.25) is 0 Å². The van der Waals surface area contributed by atoms with E-state index < -0.39 is 0 Å². The summed E-state index contributed by atoms with van der Waals surface area (Å²) in [5.74, 6) is 0. The molecule has 0 spiro atoms. The molecular formula is C9H11NO2S. The Hall–Kier alpha value is -1.03. The molecule has 0 radical (unpaired) electrons. The molecule has 70 valence electrons. The second-order valence-corrected chi connectivity index (χ2v) is 3.75. The molecule has 0 aliphatic heterocycles. The molecule has 0 aliphatic carbocycles. The minimum absolute atomic E-state index is 0.0271. The maximum absolute atomic E-state index is 10.6. The smallest absolute Gasteiger partial charge is 0.258 e. The number of aryl methyl sites for hydroxylation is 1. The van der Waals surface area contributed by atoms with Gasteiger partial charge in [-0.25, -0.2) is 0 Å². The van der Waals surface area contributed by atoms with Gasteiger partial charge in [0.15, 0.2) is 0 Å². The predicted molar refractivity (Wildman–Crippen MR) is 55.2 cm³/mol. The van der Waals surface area contributed by atoms with Crippen LogP contribution in [0.1, 0.15) is 23.3 Å². The third kappa shape index (κ3) is 2.21. The summed E-state index contributed by atoms with van der Waals surface area (Å²) in [6.45, 7) is 3.61. The summed E-state index contributed by atoms with van der Waals surface area (Å²) in [5.41, 5.74) is 1.72. The molecule has 0 aromatic heterocycles. The Balaban J connectivity index is 3.19. The number of nitro benzene ring substituents is 1. The van der Waals surface area contributed by atoms with Crippen molar-refractivity contribution in [3.8, 4) is 0 Å². The number of hydrogen-bond acceptors (Lipinski definition) is 3. The highest BCUT2D eigenvalue weighted by Gasteiger charge is 2.12. The van der Waals surface area contributed by atoms with Crippen molar-refractivity contribution in [2.75, 3.05) is 0 Å². The third-order valence-corrected chi connectivity index (χ3v) is 2.21. The van der Waals surface area contributed by atoms with Crippen LogP contribution in [0.3, 0.4) is 0 Å². The molecule has 0 saturated heterocycles. The van der Waals surface area contributed by atoms with E-state index in [1.54, 1.807) is 19.1 Å². The van der Waals surface area contributed by atoms with E-state index in [-0.39, 0.29) is 15.9 Å². The van der Waals surface area contributed by atoms with Gasteiger partial charge >= 0.3 is 0 Å². The number of nitrogens with zero attached hydrogens (tertiary/aromatic N) is 1. The van der Waals surface area contributed by atoms with E-state index in [1.807, 2.05) is 13.0 Å². The summed E-state index contributed by atoms with van der Waals surface area (Å²) in [6.07, 6.45) is 0. The van der Waals surface area contributed by atoms with Crippen LogP contribution in [0.15, 0.2) is 18.2 Å². The normalized spacial score (nSPS) is 12.5. The molecule has 0 N–H and O–H groups in total. The molecule has 0 amide bonds. The molecule has 0 heterocycles. The van der Waals surface area contributed by atoms with Gasteiger partial charge in [0.05, 0.1) is 4.92 Å². The fourth-order valence-electron chi connectivity index (χ4n) is 1.08. The SMILES string of the molecule is Cc1ccc(C(C)S)cc1[N+](=O)[O-]. The highest BCUT2D eigenvalue weighted by molar-refractivity contribution is 7.80. The van der Waals surface area contributed by atoms with Gasteiger partial charge in [-0.05, 0) is 19.4 Å². The highest BCUT2D eigenvalue weighted by Crippen LogP contribution is 2.25. The van der Waals surface area contributed by atoms with Crippen molar-refractivity contribution >= 4 is 18.3 Å². The lowest BCUT2D eigenvalue weighted by molar-refractivity contribution is -0.385. The first-order valence-electron chi connectivity index (χ1n) is 3.95. The van der Waals surface area contributed by atoms with E-state index in [2.05, 4.69) is 12.6 Å². The fourth-order valence-corrected chi connectivity index (χ4v) is 1.24. The van der Waals surface area contributed by atoms with E-state index in [4.69, 9.17) is 0 Å². The Morgan fingerprint density at radius 3 is 2.62 bits per heavy atom. The molecule has 4 heteroatoms. The monoisotopic (exact) mass is 197 g/mol. The van der Waals surface area contributed by atoms with Crippen molar-refractivity contribution in [1.29, 1.82) is 0 Å². The zero-order valence-electron chi connectivity index (χ0n) is 7.52. The number of hydrogen-bond donors (Lipinski definition) is 1. The maximum atomic E-state index is 10.6. The van der Waals surface area contributed by atoms with Gasteiger partial charge < -0.3 is 0 Å². The quantitative estimate of drug-likeness (QED) is 0.450. The maximum Gasteiger partial charge on any atom is 0.272 e. The summed E-state index contributed by atoms with van der Waals surface area (Å²) < 4.78 is 0. The number of nitro groups is 1. The standard InChI is InChI=1S/C9H11NO2S/c1-6-3-4-8(7(2)13)5-9(6)10(11)12/h3-5,7,13H,1-2H3. The molecule has 1 atom stereocenters. The molecule has 1 rings (SSSR count). The van der Waals surface area contributed by atoms with Crippen molar-refractivity contribution in [3.05, 3.63) is 39.4 Å². The van der Waals surface area contributed by atoms with Gasteiger partial charge in [0.25, 0.3) is 5.69 Å². The minimum atomic E-state index is -0.366. The third-order valence-electron chi connectivity index (χ3n) is 1.91. The molecule has 1 aromatic rings. The molecule has 1 aromatic carbocycles. The van der Waals surface area contributed by atoms with Crippen molar-refractivity contribution < 1.29 is 4.92 Å². The Labute approximate surface area is 82.3 Å². The minimum Gasteiger partial charge on any atom is -0.258 e. The lowest BCUT2D eigenvalue weighted by Gasteiger charge is -2.04. The van der Waals surface area contributed by atoms with Crippen LogP contribution in [-0.4, -0.2) is 4.92 Å². The molecule has 0 saturated carbocycles. The van der Waals surface area contributed by atoms with E-state index in [1.165, 1.54) is 0 Å². The van der Waals surface area contributed by atoms with Gasteiger partial charge in [-0.2, -0.15) is 12.6 Å². The first-order valence-corrected chi connectivity index (χ1v) is 4.47. The van der Waals surface area contributed by atoms with Gasteiger partial charge in [-0.3, -0.25) is 10.1 Å². The van der Waals surface area contributed by atoms with Gasteiger partial charge in [-0.1, -0.05) is 12.1 Å². The molecular weight excluding hydrogens is 186 g/mol. The largest absolute Gasteiger partial charge is 0.272 e. The Kier molecular flexibility index (Phi) is 2.93. The summed E-state index contributed by atoms with van der Waals surface area (Å²) >= 11 is 4.21. The van der Waals surface area contributed by atoms with Gasteiger partial charge in [0.1, 0.15) is 0 Å². The van der Waals surface area contributed by atoms with E-state index in [0.29, 0.717) is 5.56 Å². The topological polar surface area (TPSA) is 43.1 Å². The molecule has 1 unspecified atom stereocenters. The van der Waals surface area contributed by atoms with Crippen molar-refractivity contribution in [2.45, 2.75) is 19.1 Å². The van der Waals surface area contributed by atoms with Crippen LogP contribution in [0.25, 0.3) is 0 Å². The van der Waals surface area contributed by atoms with Gasteiger partial charge in [-0.15, -0.1) is 0 Å². The first kappa shape index (κ1) is 10.1. The van der Waals surface area contributed by atoms with Gasteiger partial charge in [0, 0.05) is 16.9 Å². The molecule has 0 bridgehead atoms. The summed E-state index contributed by atoms with van der Waals surface area (Å²) in [7, 11) is 0. The Morgan fingerprint density at radius 1 is 1.54 bits per heavy atom. The second kappa shape index (κ2) is 3.79. The average Bonchev–Trinajstić information content (AvgIpc) is 2.04. The molecule has 0 fully saturated rings. The Bertz CT molecular complexity index is 336. The van der Waals surface area contributed by atoms with Crippen LogP contribution in [0, 0.1) is 17.0 Å². The first-order chi connectivity index (χ1) is 6.02. The van der Waals surface area contributed by atoms with Crippen LogP contribution in [-0.2, 0) is 0 Å². The lowest BCUT2D eigenvalue weighted by Crippen LogP contribution is -1.94. The van der Waals surface area contributed by atoms with Crippen molar-refractivity contribution in [2.24, 2.45) is 0 Å². The highest BCUT2D eigenvalue weighted by atomic mass is 32.1. The molecule has 3 nitrogen and oxygen atoms in total. The van der Waals surface area contributed by atoms with Gasteiger partial charge in [0.2, 0.25) is 0 Å². The van der Waals surface area contributed by atoms with E-state index >= 15 is 0 Å². The van der Waals surface area contributed by atoms with E-state index in [9.17, 15) is 10.1 Å². The number of thiol groups is 1. The zero-order valence-corrected chi connectivity index (χ0v) is 8.41. The fraction of sp³-hybridized carbons (Fsp3) is 0.333. The van der Waals surface area contributed by atoms with Crippen LogP contribution in [0.4, 0.5) is 5.69 Å². The second-order valence-electron chi connectivity index (χ2n) is 2.98. The van der Waals surface area contributed by atoms with Crippen molar-refractivity contribution in [1.82, 2.24) is 0 Å². The average molecular weight is 197 g/mol. The zero-order chi connectivity index (χ0) is 10.0. The number of rotatable bonds is 2. The van der Waals surface area contributed by atoms with Crippen LogP contribution in [0.5, 0.6) is 0 Å².